The summed E-state index contributed by atoms with van der Waals surface area (Å²) in [5.74, 6) is 0. The monoisotopic (exact) mass is 367 g/mol. The Morgan fingerprint density at radius 3 is 2.48 bits per heavy atom. The zero-order valence-electron chi connectivity index (χ0n) is 16.1. The number of likely N-dealkylation sites (N-methyl/N-ethyl adjacent to an activating group) is 1. The molecule has 0 fully saturated rings. The van der Waals surface area contributed by atoms with Crippen molar-refractivity contribution in [2.45, 2.75) is 38.5 Å². The van der Waals surface area contributed by atoms with Crippen LogP contribution in [0.15, 0.2) is 54.6 Å². The number of benzene rings is 2. The Kier molecular flexibility index (Phi) is 6.48. The number of fused-ring (bicyclic) bond motifs is 1. The molecule has 1 aliphatic rings. The van der Waals surface area contributed by atoms with Crippen molar-refractivity contribution in [1.29, 1.82) is 0 Å². The molecule has 0 aliphatic heterocycles. The fraction of sp³-hybridized carbons (Fsp3) is 0.409. The van der Waals surface area contributed by atoms with Crippen LogP contribution in [0.25, 0.3) is 0 Å². The van der Waals surface area contributed by atoms with Gasteiger partial charge in [0.25, 0.3) is 0 Å². The molecular formula is C22H29N3O2. The molecule has 1 aliphatic carbocycles. The van der Waals surface area contributed by atoms with Crippen LogP contribution >= 0.6 is 0 Å². The van der Waals surface area contributed by atoms with E-state index in [1.54, 1.807) is 0 Å². The normalized spacial score (nSPS) is 19.6. The Hall–Kier alpha value is -2.37. The van der Waals surface area contributed by atoms with Gasteiger partial charge in [0, 0.05) is 13.0 Å². The zero-order valence-corrected chi connectivity index (χ0v) is 16.1. The highest BCUT2D eigenvalue weighted by molar-refractivity contribution is 5.75. The maximum Gasteiger partial charge on any atom is 0.315 e. The van der Waals surface area contributed by atoms with Crippen molar-refractivity contribution in [2.24, 2.45) is 0 Å². The third-order valence-electron chi connectivity index (χ3n) is 5.38. The number of hydrogen-bond acceptors (Lipinski definition) is 3. The Labute approximate surface area is 161 Å². The van der Waals surface area contributed by atoms with Crippen molar-refractivity contribution in [3.05, 3.63) is 71.3 Å². The minimum absolute atomic E-state index is 0.118. The van der Waals surface area contributed by atoms with E-state index in [4.69, 9.17) is 0 Å². The standard InChI is InChI=1S/C22H29N3O2/c1-3-25(4-2)19(16-10-6-5-7-11-16)15-23-22(27)24-21-18-13-9-8-12-17(18)14-20(21)26/h5-13,19-21,26H,3-4,14-15H2,1-2H3,(H2,23,24,27). The van der Waals surface area contributed by atoms with Gasteiger partial charge < -0.3 is 15.7 Å². The molecule has 3 unspecified atom stereocenters. The first-order valence-corrected chi connectivity index (χ1v) is 9.73. The smallest absolute Gasteiger partial charge is 0.315 e. The largest absolute Gasteiger partial charge is 0.390 e. The summed E-state index contributed by atoms with van der Waals surface area (Å²) in [4.78, 5) is 14.9. The molecule has 0 saturated heterocycles. The predicted molar refractivity (Wildman–Crippen MR) is 108 cm³/mol. The third kappa shape index (κ3) is 4.49. The first-order chi connectivity index (χ1) is 13.1. The van der Waals surface area contributed by atoms with Gasteiger partial charge in [-0.2, -0.15) is 0 Å². The first-order valence-electron chi connectivity index (χ1n) is 9.73. The Morgan fingerprint density at radius 2 is 1.78 bits per heavy atom. The highest BCUT2D eigenvalue weighted by atomic mass is 16.3. The van der Waals surface area contributed by atoms with E-state index in [1.807, 2.05) is 42.5 Å². The predicted octanol–water partition coefficient (Wildman–Crippen LogP) is 3.03. The molecule has 0 bridgehead atoms. The Morgan fingerprint density at radius 1 is 1.11 bits per heavy atom. The van der Waals surface area contributed by atoms with Crippen LogP contribution in [0.3, 0.4) is 0 Å². The van der Waals surface area contributed by atoms with Gasteiger partial charge in [0.05, 0.1) is 18.2 Å². The maximum atomic E-state index is 12.5. The summed E-state index contributed by atoms with van der Waals surface area (Å²) in [5, 5.41) is 16.3. The van der Waals surface area contributed by atoms with E-state index in [2.05, 4.69) is 41.5 Å². The highest BCUT2D eigenvalue weighted by Crippen LogP contribution is 2.31. The van der Waals surface area contributed by atoms with Crippen molar-refractivity contribution in [2.75, 3.05) is 19.6 Å². The van der Waals surface area contributed by atoms with Crippen molar-refractivity contribution < 1.29 is 9.90 Å². The molecule has 27 heavy (non-hydrogen) atoms. The molecule has 3 atom stereocenters. The van der Waals surface area contributed by atoms with Crippen LogP contribution < -0.4 is 10.6 Å². The summed E-state index contributed by atoms with van der Waals surface area (Å²) in [6.07, 6.45) is -0.00595. The van der Waals surface area contributed by atoms with Crippen molar-refractivity contribution in [3.8, 4) is 0 Å². The summed E-state index contributed by atoms with van der Waals surface area (Å²) in [6.45, 7) is 6.60. The molecular weight excluding hydrogens is 338 g/mol. The molecule has 5 nitrogen and oxygen atoms in total. The summed E-state index contributed by atoms with van der Waals surface area (Å²) in [5.41, 5.74) is 3.29. The van der Waals surface area contributed by atoms with Gasteiger partial charge in [0.1, 0.15) is 0 Å². The fourth-order valence-electron chi connectivity index (χ4n) is 3.93. The van der Waals surface area contributed by atoms with E-state index in [-0.39, 0.29) is 18.1 Å². The lowest BCUT2D eigenvalue weighted by Gasteiger charge is -2.30. The number of aliphatic hydroxyl groups excluding tert-OH is 1. The molecule has 0 saturated carbocycles. The highest BCUT2D eigenvalue weighted by Gasteiger charge is 2.32. The molecule has 2 aromatic rings. The maximum absolute atomic E-state index is 12.5. The first kappa shape index (κ1) is 19.4. The van der Waals surface area contributed by atoms with Crippen molar-refractivity contribution >= 4 is 6.03 Å². The molecule has 144 valence electrons. The van der Waals surface area contributed by atoms with E-state index in [0.717, 1.165) is 24.2 Å². The number of carbonyl (C=O) groups is 1. The second kappa shape index (κ2) is 9.02. The quantitative estimate of drug-likeness (QED) is 0.705. The van der Waals surface area contributed by atoms with Crippen molar-refractivity contribution in [3.63, 3.8) is 0 Å². The molecule has 0 radical (unpaired) electrons. The molecule has 2 aromatic carbocycles. The second-order valence-electron chi connectivity index (χ2n) is 6.95. The number of amides is 2. The number of nitrogens with zero attached hydrogens (tertiary/aromatic N) is 1. The number of aliphatic hydroxyl groups is 1. The Bertz CT molecular complexity index is 746. The van der Waals surface area contributed by atoms with Crippen LogP contribution in [-0.2, 0) is 6.42 Å². The van der Waals surface area contributed by atoms with E-state index < -0.39 is 6.10 Å². The van der Waals surface area contributed by atoms with E-state index in [0.29, 0.717) is 13.0 Å². The molecule has 5 heteroatoms. The topological polar surface area (TPSA) is 64.6 Å². The summed E-state index contributed by atoms with van der Waals surface area (Å²) in [6, 6.07) is 17.6. The van der Waals surface area contributed by atoms with Gasteiger partial charge in [-0.05, 0) is 29.8 Å². The number of urea groups is 1. The van der Waals surface area contributed by atoms with Gasteiger partial charge in [0.2, 0.25) is 0 Å². The molecule has 3 N–H and O–H groups in total. The number of rotatable bonds is 7. The Balaban J connectivity index is 1.64. The van der Waals surface area contributed by atoms with Gasteiger partial charge in [0.15, 0.2) is 0 Å². The number of carbonyl (C=O) groups excluding carboxylic acids is 1. The van der Waals surface area contributed by atoms with E-state index in [1.165, 1.54) is 5.56 Å². The lowest BCUT2D eigenvalue weighted by atomic mass is 10.1. The van der Waals surface area contributed by atoms with Crippen LogP contribution in [0.1, 0.15) is 42.6 Å². The zero-order chi connectivity index (χ0) is 19.2. The lowest BCUT2D eigenvalue weighted by molar-refractivity contribution is 0.141. The van der Waals surface area contributed by atoms with Crippen LogP contribution in [0.5, 0.6) is 0 Å². The van der Waals surface area contributed by atoms with Crippen LogP contribution in [0.4, 0.5) is 4.79 Å². The molecule has 0 spiro atoms. The fourth-order valence-corrected chi connectivity index (χ4v) is 3.93. The van der Waals surface area contributed by atoms with Crippen LogP contribution in [0.2, 0.25) is 0 Å². The summed E-state index contributed by atoms with van der Waals surface area (Å²) in [7, 11) is 0. The SMILES string of the molecule is CCN(CC)C(CNC(=O)NC1c2ccccc2CC1O)c1ccccc1. The van der Waals surface area contributed by atoms with Gasteiger partial charge in [-0.15, -0.1) is 0 Å². The second-order valence-corrected chi connectivity index (χ2v) is 6.95. The molecule has 0 aromatic heterocycles. The van der Waals surface area contributed by atoms with Crippen LogP contribution in [-0.4, -0.2) is 41.8 Å². The van der Waals surface area contributed by atoms with Crippen LogP contribution in [0, 0.1) is 0 Å². The average Bonchev–Trinajstić information content (AvgIpc) is 3.01. The average molecular weight is 367 g/mol. The minimum atomic E-state index is -0.583. The molecule has 3 rings (SSSR count). The van der Waals surface area contributed by atoms with Gasteiger partial charge in [-0.3, -0.25) is 4.90 Å². The van der Waals surface area contributed by atoms with Gasteiger partial charge in [-0.1, -0.05) is 68.4 Å². The number of hydrogen-bond donors (Lipinski definition) is 3. The molecule has 0 heterocycles. The van der Waals surface area contributed by atoms with Gasteiger partial charge in [-0.25, -0.2) is 4.79 Å². The molecule has 2 amide bonds. The summed E-state index contributed by atoms with van der Waals surface area (Å²) >= 11 is 0. The van der Waals surface area contributed by atoms with Gasteiger partial charge >= 0.3 is 6.03 Å². The van der Waals surface area contributed by atoms with E-state index >= 15 is 0 Å². The van der Waals surface area contributed by atoms with E-state index in [9.17, 15) is 9.90 Å². The number of nitrogens with one attached hydrogen (secondary N) is 2. The van der Waals surface area contributed by atoms with Crippen molar-refractivity contribution in [1.82, 2.24) is 15.5 Å². The third-order valence-corrected chi connectivity index (χ3v) is 5.38. The summed E-state index contributed by atoms with van der Waals surface area (Å²) < 4.78 is 0. The minimum Gasteiger partial charge on any atom is -0.390 e. The lowest BCUT2D eigenvalue weighted by Crippen LogP contribution is -2.44.